The highest BCUT2D eigenvalue weighted by Gasteiger charge is 2.41. The second-order valence-corrected chi connectivity index (χ2v) is 8.67. The number of hydrogen-bond acceptors (Lipinski definition) is 6. The third-order valence-electron chi connectivity index (χ3n) is 6.17. The number of halogens is 3. The molecule has 8 N–H and O–H groups in total. The van der Waals surface area contributed by atoms with Gasteiger partial charge in [-0.05, 0) is 47.5 Å². The van der Waals surface area contributed by atoms with Crippen LogP contribution in [0.1, 0.15) is 32.6 Å². The number of hydrogen-bond donors (Lipinski definition) is 6. The van der Waals surface area contributed by atoms with E-state index in [1.165, 1.54) is 36.4 Å². The zero-order valence-electron chi connectivity index (χ0n) is 20.4. The van der Waals surface area contributed by atoms with Gasteiger partial charge in [0.05, 0.1) is 16.9 Å². The molecule has 39 heavy (non-hydrogen) atoms. The van der Waals surface area contributed by atoms with E-state index in [1.807, 2.05) is 0 Å². The lowest BCUT2D eigenvalue weighted by Gasteiger charge is -2.35. The predicted octanol–water partition coefficient (Wildman–Crippen LogP) is 2.50. The van der Waals surface area contributed by atoms with E-state index >= 15 is 0 Å². The Hall–Kier alpha value is -4.62. The first-order chi connectivity index (χ1) is 18.6. The number of fused-ring (bicyclic) bond motifs is 1. The maximum atomic E-state index is 14.9. The van der Waals surface area contributed by atoms with Crippen LogP contribution in [-0.4, -0.2) is 29.2 Å². The van der Waals surface area contributed by atoms with E-state index in [0.717, 1.165) is 17.0 Å². The molecule has 4 rings (SSSR count). The van der Waals surface area contributed by atoms with Gasteiger partial charge in [-0.3, -0.25) is 9.69 Å². The molecule has 1 atom stereocenters. The van der Waals surface area contributed by atoms with Gasteiger partial charge < -0.3 is 32.5 Å². The van der Waals surface area contributed by atoms with E-state index in [1.54, 1.807) is 0 Å². The minimum atomic E-state index is -1.79. The van der Waals surface area contributed by atoms with Crippen LogP contribution in [0.2, 0.25) is 0 Å². The molecule has 1 unspecified atom stereocenters. The summed E-state index contributed by atoms with van der Waals surface area (Å²) < 4.78 is 42.5. The number of carboxylic acid groups (broad SMARTS) is 1. The molecule has 10 nitrogen and oxygen atoms in total. The Morgan fingerprint density at radius 3 is 2.03 bits per heavy atom. The summed E-state index contributed by atoms with van der Waals surface area (Å²) in [6.45, 7) is -0.259. The molecule has 0 spiro atoms. The average molecular weight is 543 g/mol. The number of carboxylic acids is 1. The summed E-state index contributed by atoms with van der Waals surface area (Å²) in [7, 11) is 0. The highest BCUT2D eigenvalue weighted by molar-refractivity contribution is 6.14. The van der Waals surface area contributed by atoms with Crippen LogP contribution in [0.25, 0.3) is 0 Å². The lowest BCUT2D eigenvalue weighted by Crippen LogP contribution is -2.61. The van der Waals surface area contributed by atoms with E-state index in [2.05, 4.69) is 16.0 Å². The van der Waals surface area contributed by atoms with Crippen molar-refractivity contribution in [2.45, 2.75) is 32.3 Å². The number of anilines is 2. The van der Waals surface area contributed by atoms with Crippen LogP contribution in [-0.2, 0) is 31.0 Å². The second kappa shape index (κ2) is 11.4. The van der Waals surface area contributed by atoms with Crippen molar-refractivity contribution in [2.75, 3.05) is 10.2 Å². The molecule has 3 aromatic rings. The number of amides is 3. The molecule has 0 saturated heterocycles. The van der Waals surface area contributed by atoms with E-state index < -0.39 is 41.5 Å². The van der Waals surface area contributed by atoms with Gasteiger partial charge in [0.25, 0.3) is 5.91 Å². The van der Waals surface area contributed by atoms with E-state index in [-0.39, 0.29) is 54.2 Å². The first-order valence-electron chi connectivity index (χ1n) is 11.8. The van der Waals surface area contributed by atoms with Crippen LogP contribution in [0.3, 0.4) is 0 Å². The second-order valence-electron chi connectivity index (χ2n) is 8.67. The lowest BCUT2D eigenvalue weighted by molar-refractivity contribution is -0.139. The van der Waals surface area contributed by atoms with Gasteiger partial charge in [0.1, 0.15) is 17.5 Å². The molecule has 1 heterocycles. The Morgan fingerprint density at radius 2 is 1.46 bits per heavy atom. The first-order valence-corrected chi connectivity index (χ1v) is 11.8. The smallest absolute Gasteiger partial charge is 0.347 e. The summed E-state index contributed by atoms with van der Waals surface area (Å²) in [5.74, 6) is -4.29. The maximum absolute atomic E-state index is 14.9. The summed E-state index contributed by atoms with van der Waals surface area (Å²) >= 11 is 0. The fourth-order valence-corrected chi connectivity index (χ4v) is 4.21. The zero-order chi connectivity index (χ0) is 28.3. The number of aliphatic carboxylic acids is 1. The normalized spacial score (nSPS) is 14.4. The summed E-state index contributed by atoms with van der Waals surface area (Å²) in [6.07, 6.45) is -1.79. The molecule has 0 radical (unpaired) electrons. The largest absolute Gasteiger partial charge is 0.478 e. The fourth-order valence-electron chi connectivity index (χ4n) is 4.21. The molecule has 0 bridgehead atoms. The van der Waals surface area contributed by atoms with E-state index in [0.29, 0.717) is 11.1 Å². The third kappa shape index (κ3) is 5.63. The highest BCUT2D eigenvalue weighted by atomic mass is 19.1. The molecule has 3 amide bonds. The monoisotopic (exact) mass is 542 g/mol. The number of benzene rings is 3. The third-order valence-corrected chi connectivity index (χ3v) is 6.17. The number of carbonyl (C=O) groups excluding carboxylic acids is 2. The topological polar surface area (TPSA) is 163 Å². The van der Waals surface area contributed by atoms with Crippen molar-refractivity contribution in [2.24, 2.45) is 11.5 Å². The maximum Gasteiger partial charge on any atom is 0.347 e. The van der Waals surface area contributed by atoms with Crippen molar-refractivity contribution in [3.05, 3.63) is 93.8 Å². The van der Waals surface area contributed by atoms with Crippen LogP contribution < -0.4 is 32.3 Å². The van der Waals surface area contributed by atoms with Gasteiger partial charge >= 0.3 is 12.0 Å². The van der Waals surface area contributed by atoms with Gasteiger partial charge in [-0.2, -0.15) is 0 Å². The molecule has 0 aliphatic carbocycles. The minimum absolute atomic E-state index is 0.0312. The van der Waals surface area contributed by atoms with Crippen LogP contribution in [0, 0.1) is 17.5 Å². The summed E-state index contributed by atoms with van der Waals surface area (Å²) in [5, 5.41) is 17.2. The Kier molecular flexibility index (Phi) is 8.02. The first kappa shape index (κ1) is 27.4. The average Bonchev–Trinajstić information content (AvgIpc) is 2.92. The zero-order valence-corrected chi connectivity index (χ0v) is 20.4. The predicted molar refractivity (Wildman–Crippen MR) is 136 cm³/mol. The van der Waals surface area contributed by atoms with Crippen molar-refractivity contribution in [1.29, 1.82) is 0 Å². The fraction of sp³-hybridized carbons (Fsp3) is 0.192. The Morgan fingerprint density at radius 1 is 0.897 bits per heavy atom. The molecule has 0 aromatic heterocycles. The number of rotatable bonds is 8. The van der Waals surface area contributed by atoms with Gasteiger partial charge in [-0.15, -0.1) is 0 Å². The number of urea groups is 1. The molecule has 1 aliphatic heterocycles. The van der Waals surface area contributed by atoms with Crippen molar-refractivity contribution in [3.63, 3.8) is 0 Å². The van der Waals surface area contributed by atoms with Crippen molar-refractivity contribution in [1.82, 2.24) is 10.6 Å². The van der Waals surface area contributed by atoms with Gasteiger partial charge in [0.15, 0.2) is 0 Å². The van der Waals surface area contributed by atoms with Crippen LogP contribution >= 0.6 is 0 Å². The van der Waals surface area contributed by atoms with E-state index in [4.69, 9.17) is 11.5 Å². The lowest BCUT2D eigenvalue weighted by atomic mass is 10.0. The van der Waals surface area contributed by atoms with Gasteiger partial charge in [0, 0.05) is 37.3 Å². The van der Waals surface area contributed by atoms with E-state index in [9.17, 15) is 32.7 Å². The molecule has 204 valence electrons. The van der Waals surface area contributed by atoms with Crippen molar-refractivity contribution >= 4 is 29.3 Å². The Bertz CT molecular complexity index is 1450. The standard InChI is InChI=1S/C26H25F3N6O4/c27-17-3-1-13(7-15(17)9-30)11-32-22-19(29)5-6-20-21(22)24(36)34-23(25(37)38)35(20)26(39)33-12-14-2-4-18(28)16(8-14)10-31/h1-8,23,32H,9-12,30-31H2,(H,33,39)(H,34,36)(H,37,38). The number of nitrogens with one attached hydrogen (secondary N) is 3. The van der Waals surface area contributed by atoms with Crippen molar-refractivity contribution in [3.8, 4) is 0 Å². The minimum Gasteiger partial charge on any atom is -0.478 e. The SMILES string of the molecule is NCc1cc(CNC(=O)N2c3ccc(F)c(NCc4ccc(F)c(CN)c4)c3C(=O)NC2C(=O)O)ccc1F. The van der Waals surface area contributed by atoms with Crippen LogP contribution in [0.5, 0.6) is 0 Å². The van der Waals surface area contributed by atoms with Gasteiger partial charge in [-0.25, -0.2) is 22.8 Å². The van der Waals surface area contributed by atoms with Crippen molar-refractivity contribution < 1.29 is 32.7 Å². The molecule has 0 fully saturated rings. The molecule has 1 aliphatic rings. The van der Waals surface area contributed by atoms with Gasteiger partial charge in [-0.1, -0.05) is 12.1 Å². The number of nitrogens with two attached hydrogens (primary N) is 2. The molecule has 3 aromatic carbocycles. The highest BCUT2D eigenvalue weighted by Crippen LogP contribution is 2.34. The Balaban J connectivity index is 1.64. The quantitative estimate of drug-likeness (QED) is 0.255. The van der Waals surface area contributed by atoms with Crippen LogP contribution in [0.15, 0.2) is 48.5 Å². The molecule has 0 saturated carbocycles. The molecule has 13 heteroatoms. The summed E-state index contributed by atoms with van der Waals surface area (Å²) in [6, 6.07) is 9.44. The number of nitrogens with zero attached hydrogens (tertiary/aromatic N) is 1. The summed E-state index contributed by atoms with van der Waals surface area (Å²) in [5.41, 5.74) is 11.8. The van der Waals surface area contributed by atoms with Gasteiger partial charge in [0.2, 0.25) is 6.17 Å². The number of carbonyl (C=O) groups is 3. The molecular formula is C26H25F3N6O4. The summed E-state index contributed by atoms with van der Waals surface area (Å²) in [4.78, 5) is 38.8. The van der Waals surface area contributed by atoms with Crippen LogP contribution in [0.4, 0.5) is 29.3 Å². The molecular weight excluding hydrogens is 517 g/mol. The Labute approximate surface area is 220 Å².